The average Bonchev–Trinajstić information content (AvgIpc) is 3.14. The zero-order chi connectivity index (χ0) is 30.0. The molecule has 3 amide bonds. The molecule has 41 heavy (non-hydrogen) atoms. The fourth-order valence-corrected chi connectivity index (χ4v) is 8.20. The van der Waals surface area contributed by atoms with Gasteiger partial charge in [0.25, 0.3) is 0 Å². The van der Waals surface area contributed by atoms with E-state index in [0.29, 0.717) is 16.8 Å². The maximum Gasteiger partial charge on any atom is 0.338 e. The summed E-state index contributed by atoms with van der Waals surface area (Å²) in [4.78, 5) is 41.2. The van der Waals surface area contributed by atoms with Crippen LogP contribution in [0.4, 0.5) is 4.79 Å². The molecule has 2 aliphatic rings. The molecule has 10 heteroatoms. The van der Waals surface area contributed by atoms with Gasteiger partial charge in [-0.3, -0.25) is 10.2 Å². The molecule has 1 saturated carbocycles. The number of ether oxygens (including phenoxy) is 1. The Hall–Kier alpha value is -3.92. The average molecular weight is 576 g/mol. The third kappa shape index (κ3) is 5.93. The second-order valence-corrected chi connectivity index (χ2v) is 17.9. The molecule has 1 aliphatic carbocycles. The number of esters is 1. The molecule has 0 radical (unpaired) electrons. The molecule has 9 nitrogen and oxygen atoms in total. The molecule has 0 spiro atoms. The number of carbonyl (C=O) groups excluding carboxylic acids is 3. The lowest BCUT2D eigenvalue weighted by molar-refractivity contribution is -0.125. The van der Waals surface area contributed by atoms with Gasteiger partial charge in [0.05, 0.1) is 31.8 Å². The van der Waals surface area contributed by atoms with Crippen LogP contribution in [0.15, 0.2) is 71.9 Å². The topological polar surface area (TPSA) is 138 Å². The Morgan fingerprint density at radius 2 is 1.61 bits per heavy atom. The van der Waals surface area contributed by atoms with Crippen LogP contribution in [0.2, 0.25) is 24.7 Å². The Balaban J connectivity index is 1.47. The molecule has 2 aromatic carbocycles. The van der Waals surface area contributed by atoms with Crippen LogP contribution in [0.5, 0.6) is 0 Å². The molecule has 0 aromatic heterocycles. The summed E-state index contributed by atoms with van der Waals surface area (Å²) in [6, 6.07) is 16.9. The second kappa shape index (κ2) is 11.5. The highest BCUT2D eigenvalue weighted by Gasteiger charge is 2.54. The van der Waals surface area contributed by atoms with Crippen molar-refractivity contribution in [3.05, 3.63) is 83.1 Å². The van der Waals surface area contributed by atoms with Gasteiger partial charge in [-0.05, 0) is 44.4 Å². The number of nitrogens with one attached hydrogen (secondary N) is 3. The van der Waals surface area contributed by atoms with Gasteiger partial charge in [-0.15, -0.1) is 0 Å². The smallest absolute Gasteiger partial charge is 0.338 e. The Labute approximate surface area is 243 Å². The molecule has 2 aromatic rings. The van der Waals surface area contributed by atoms with Crippen LogP contribution in [0, 0.1) is 5.41 Å². The largest absolute Gasteiger partial charge is 0.460 e. The van der Waals surface area contributed by atoms with Crippen molar-refractivity contribution in [3.63, 3.8) is 0 Å². The number of nitrogens with zero attached hydrogens (tertiary/aromatic N) is 1. The van der Waals surface area contributed by atoms with Gasteiger partial charge in [-0.2, -0.15) is 0 Å². The highest BCUT2D eigenvalue weighted by molar-refractivity contribution is 6.82. The highest BCUT2D eigenvalue weighted by Crippen LogP contribution is 2.55. The number of rotatable bonds is 8. The number of amides is 3. The third-order valence-electron chi connectivity index (χ3n) is 8.73. The van der Waals surface area contributed by atoms with Crippen molar-refractivity contribution >= 4 is 31.8 Å². The zero-order valence-corrected chi connectivity index (χ0v) is 25.5. The first-order valence-corrected chi connectivity index (χ1v) is 17.5. The van der Waals surface area contributed by atoms with Crippen LogP contribution in [0.1, 0.15) is 55.1 Å². The minimum atomic E-state index is -1.83. The molecular weight excluding hydrogens is 534 g/mol. The van der Waals surface area contributed by atoms with Crippen LogP contribution < -0.4 is 16.4 Å². The lowest BCUT2D eigenvalue weighted by atomic mass is 9.83. The monoisotopic (exact) mass is 575 g/mol. The Bertz CT molecular complexity index is 1350. The van der Waals surface area contributed by atoms with Crippen LogP contribution in [0.3, 0.4) is 0 Å². The van der Waals surface area contributed by atoms with E-state index in [9.17, 15) is 14.4 Å². The van der Waals surface area contributed by atoms with Gasteiger partial charge in [0.1, 0.15) is 12.4 Å². The van der Waals surface area contributed by atoms with Gasteiger partial charge in [0.15, 0.2) is 0 Å². The summed E-state index contributed by atoms with van der Waals surface area (Å²) in [5.41, 5.74) is 7.59. The number of nitrogens with two attached hydrogens (primary N) is 1. The number of amidine groups is 1. The first-order valence-electron chi connectivity index (χ1n) is 14.0. The first kappa shape index (κ1) is 30.0. The number of hydrogen-bond donors (Lipinski definition) is 4. The quantitative estimate of drug-likeness (QED) is 0.153. The van der Waals surface area contributed by atoms with Crippen molar-refractivity contribution in [2.75, 3.05) is 13.2 Å². The first-order chi connectivity index (χ1) is 19.3. The van der Waals surface area contributed by atoms with E-state index < -0.39 is 31.7 Å². The van der Waals surface area contributed by atoms with E-state index in [2.05, 4.69) is 30.3 Å². The summed E-state index contributed by atoms with van der Waals surface area (Å²) in [5, 5.41) is 14.2. The Morgan fingerprint density at radius 3 is 2.15 bits per heavy atom. The van der Waals surface area contributed by atoms with E-state index in [1.165, 1.54) is 0 Å². The fourth-order valence-electron chi connectivity index (χ4n) is 5.60. The van der Waals surface area contributed by atoms with E-state index >= 15 is 0 Å². The summed E-state index contributed by atoms with van der Waals surface area (Å²) in [6.07, 6.45) is 2.69. The van der Waals surface area contributed by atoms with Crippen molar-refractivity contribution in [1.82, 2.24) is 15.5 Å². The maximum absolute atomic E-state index is 13.7. The van der Waals surface area contributed by atoms with Gasteiger partial charge in [0, 0.05) is 16.3 Å². The summed E-state index contributed by atoms with van der Waals surface area (Å²) >= 11 is 0. The predicted octanol–water partition coefficient (Wildman–Crippen LogP) is 4.96. The molecule has 0 unspecified atom stereocenters. The SMILES string of the molecule is CC1(C)C(N)=C(C(=N)NC(=O)C2([Si](C)(C)C)CCC2)CN1C(=O)N[C@H](COC(=O)c1ccccc1)c1ccccc1. The van der Waals surface area contributed by atoms with Crippen LogP contribution in [-0.4, -0.2) is 55.4 Å². The molecule has 0 bridgehead atoms. The van der Waals surface area contributed by atoms with E-state index in [4.69, 9.17) is 15.9 Å². The van der Waals surface area contributed by atoms with Crippen molar-refractivity contribution in [3.8, 4) is 0 Å². The minimum Gasteiger partial charge on any atom is -0.460 e. The van der Waals surface area contributed by atoms with E-state index in [-0.39, 0.29) is 29.9 Å². The number of benzene rings is 2. The summed E-state index contributed by atoms with van der Waals surface area (Å²) < 4.78 is 5.57. The molecule has 0 saturated heterocycles. The molecule has 1 atom stereocenters. The highest BCUT2D eigenvalue weighted by atomic mass is 28.3. The molecule has 4 rings (SSSR count). The zero-order valence-electron chi connectivity index (χ0n) is 24.5. The number of hydrogen-bond acceptors (Lipinski definition) is 6. The van der Waals surface area contributed by atoms with E-state index in [1.54, 1.807) is 29.2 Å². The molecule has 1 aliphatic heterocycles. The normalized spacial score (nSPS) is 18.2. The van der Waals surface area contributed by atoms with Gasteiger partial charge < -0.3 is 26.0 Å². The molecule has 1 fully saturated rings. The lowest BCUT2D eigenvalue weighted by Gasteiger charge is -2.49. The summed E-state index contributed by atoms with van der Waals surface area (Å²) in [7, 11) is -1.83. The van der Waals surface area contributed by atoms with Crippen LogP contribution >= 0.6 is 0 Å². The van der Waals surface area contributed by atoms with Gasteiger partial charge in [-0.1, -0.05) is 74.6 Å². The van der Waals surface area contributed by atoms with Crippen molar-refractivity contribution in [2.45, 2.75) is 69.4 Å². The predicted molar refractivity (Wildman–Crippen MR) is 162 cm³/mol. The van der Waals surface area contributed by atoms with Crippen molar-refractivity contribution in [2.24, 2.45) is 5.73 Å². The third-order valence-corrected chi connectivity index (χ3v) is 12.3. The molecule has 1 heterocycles. The fraction of sp³-hybridized carbons (Fsp3) is 0.419. The van der Waals surface area contributed by atoms with Gasteiger partial charge >= 0.3 is 12.0 Å². The van der Waals surface area contributed by atoms with E-state index in [1.807, 2.05) is 50.2 Å². The minimum absolute atomic E-state index is 0.0585. The Kier molecular flexibility index (Phi) is 8.44. The van der Waals surface area contributed by atoms with Crippen molar-refractivity contribution in [1.29, 1.82) is 5.41 Å². The maximum atomic E-state index is 13.7. The van der Waals surface area contributed by atoms with Crippen LogP contribution in [-0.2, 0) is 9.53 Å². The van der Waals surface area contributed by atoms with Gasteiger partial charge in [0.2, 0.25) is 5.91 Å². The summed E-state index contributed by atoms with van der Waals surface area (Å²) in [5.74, 6) is -0.655. The molecular formula is C31H41N5O4Si. The number of carbonyl (C=O) groups is 3. The number of urea groups is 1. The van der Waals surface area contributed by atoms with Gasteiger partial charge in [-0.25, -0.2) is 9.59 Å². The second-order valence-electron chi connectivity index (χ2n) is 12.4. The van der Waals surface area contributed by atoms with Crippen LogP contribution in [0.25, 0.3) is 0 Å². The molecule has 5 N–H and O–H groups in total. The summed E-state index contributed by atoms with van der Waals surface area (Å²) in [6.45, 7) is 10.2. The standard InChI is InChI=1S/C31H41N5O4Si/c1-30(2)25(32)23(26(33)35-28(38)31(17-12-18-31)41(3,4)5)19-36(30)29(39)34-24(21-13-8-6-9-14-21)20-40-27(37)22-15-10-7-11-16-22/h6-11,13-16,24H,12,17-20,32H2,1-5H3,(H,34,39)(H2,33,35,38)/t24-/m1/s1. The lowest BCUT2D eigenvalue weighted by Crippen LogP contribution is -2.55. The Morgan fingerprint density at radius 1 is 1.02 bits per heavy atom. The van der Waals surface area contributed by atoms with E-state index in [0.717, 1.165) is 24.8 Å². The van der Waals surface area contributed by atoms with Crippen molar-refractivity contribution < 1.29 is 19.1 Å². The molecule has 218 valence electrons.